The minimum absolute atomic E-state index is 0.0251. The average Bonchev–Trinajstić information content (AvgIpc) is 2.45. The van der Waals surface area contributed by atoms with E-state index < -0.39 is 29.3 Å². The van der Waals surface area contributed by atoms with Gasteiger partial charge in [-0.2, -0.15) is 0 Å². The quantitative estimate of drug-likeness (QED) is 0.778. The molecule has 1 heterocycles. The van der Waals surface area contributed by atoms with Crippen molar-refractivity contribution in [3.8, 4) is 0 Å². The van der Waals surface area contributed by atoms with E-state index in [1.165, 1.54) is 0 Å². The lowest BCUT2D eigenvalue weighted by molar-refractivity contribution is -0.139. The molecule has 1 aromatic heterocycles. The van der Waals surface area contributed by atoms with Gasteiger partial charge in [0.1, 0.15) is 17.3 Å². The molecule has 0 saturated carbocycles. The van der Waals surface area contributed by atoms with E-state index >= 15 is 0 Å². The second-order valence-electron chi connectivity index (χ2n) is 6.27. The van der Waals surface area contributed by atoms with Gasteiger partial charge in [-0.1, -0.05) is 12.1 Å². The van der Waals surface area contributed by atoms with Crippen LogP contribution in [-0.2, 0) is 16.0 Å². The van der Waals surface area contributed by atoms with Crippen molar-refractivity contribution in [2.24, 2.45) is 0 Å². The number of aromatic amines is 1. The molecule has 2 aromatic rings. The maximum absolute atomic E-state index is 12.1. The van der Waals surface area contributed by atoms with Crippen molar-refractivity contribution in [2.45, 2.75) is 38.8 Å². The molecule has 2 rings (SSSR count). The molecule has 128 valence electrons. The molecule has 0 aliphatic rings. The standard InChI is InChI=1S/C16H19N3O5/c1-16(2,3)24-15(23)19-12(14(21)22)8-11-13(20)18-10-7-5-4-6-9(10)17-11/h4-7,12H,8H2,1-3H3,(H,18,20)(H,19,23)(H,21,22). The third kappa shape index (κ3) is 4.55. The lowest BCUT2D eigenvalue weighted by Crippen LogP contribution is -2.45. The molecule has 1 amide bonds. The van der Waals surface area contributed by atoms with E-state index in [1.54, 1.807) is 45.0 Å². The molecular weight excluding hydrogens is 314 g/mol. The van der Waals surface area contributed by atoms with Crippen LogP contribution in [0, 0.1) is 0 Å². The van der Waals surface area contributed by atoms with Crippen LogP contribution in [0.3, 0.4) is 0 Å². The van der Waals surface area contributed by atoms with Crippen molar-refractivity contribution in [1.82, 2.24) is 15.3 Å². The van der Waals surface area contributed by atoms with Crippen molar-refractivity contribution in [2.75, 3.05) is 0 Å². The highest BCUT2D eigenvalue weighted by molar-refractivity contribution is 5.80. The van der Waals surface area contributed by atoms with Crippen LogP contribution in [-0.4, -0.2) is 38.8 Å². The monoisotopic (exact) mass is 333 g/mol. The third-order valence-corrected chi connectivity index (χ3v) is 3.06. The number of alkyl carbamates (subject to hydrolysis) is 1. The molecular formula is C16H19N3O5. The number of hydrogen-bond donors (Lipinski definition) is 3. The van der Waals surface area contributed by atoms with Gasteiger partial charge in [-0.15, -0.1) is 0 Å². The lowest BCUT2D eigenvalue weighted by atomic mass is 10.1. The SMILES string of the molecule is CC(C)(C)OC(=O)NC(Cc1nc2ccccc2[nH]c1=O)C(=O)O. The van der Waals surface area contributed by atoms with Crippen LogP contribution in [0.5, 0.6) is 0 Å². The number of carbonyl (C=O) groups is 2. The van der Waals surface area contributed by atoms with Crippen molar-refractivity contribution in [3.63, 3.8) is 0 Å². The topological polar surface area (TPSA) is 121 Å². The van der Waals surface area contributed by atoms with Crippen LogP contribution in [0.4, 0.5) is 4.79 Å². The molecule has 8 nitrogen and oxygen atoms in total. The van der Waals surface area contributed by atoms with E-state index in [1.807, 2.05) is 0 Å². The zero-order chi connectivity index (χ0) is 17.9. The van der Waals surface area contributed by atoms with Gasteiger partial charge >= 0.3 is 12.1 Å². The number of hydrogen-bond acceptors (Lipinski definition) is 5. The number of para-hydroxylation sites is 2. The number of nitrogens with one attached hydrogen (secondary N) is 2. The first-order valence-corrected chi connectivity index (χ1v) is 7.36. The van der Waals surface area contributed by atoms with E-state index in [9.17, 15) is 19.5 Å². The Hall–Kier alpha value is -2.90. The summed E-state index contributed by atoms with van der Waals surface area (Å²) in [5, 5.41) is 11.5. The first-order chi connectivity index (χ1) is 11.2. The fourth-order valence-electron chi connectivity index (χ4n) is 2.05. The number of H-pyrrole nitrogens is 1. The van der Waals surface area contributed by atoms with Crippen LogP contribution in [0.2, 0.25) is 0 Å². The molecule has 8 heteroatoms. The Morgan fingerprint density at radius 3 is 2.62 bits per heavy atom. The summed E-state index contributed by atoms with van der Waals surface area (Å²) in [6, 6.07) is 5.58. The molecule has 24 heavy (non-hydrogen) atoms. The first kappa shape index (κ1) is 17.5. The maximum atomic E-state index is 12.1. The Morgan fingerprint density at radius 2 is 2.00 bits per heavy atom. The van der Waals surface area contributed by atoms with Crippen molar-refractivity contribution in [1.29, 1.82) is 0 Å². The molecule has 1 unspecified atom stereocenters. The van der Waals surface area contributed by atoms with E-state index in [0.29, 0.717) is 11.0 Å². The number of aromatic nitrogens is 2. The minimum Gasteiger partial charge on any atom is -0.480 e. The molecule has 0 aliphatic carbocycles. The Morgan fingerprint density at radius 1 is 1.33 bits per heavy atom. The summed E-state index contributed by atoms with van der Waals surface area (Å²) >= 11 is 0. The summed E-state index contributed by atoms with van der Waals surface area (Å²) in [7, 11) is 0. The fourth-order valence-corrected chi connectivity index (χ4v) is 2.05. The van der Waals surface area contributed by atoms with Crippen LogP contribution >= 0.6 is 0 Å². The van der Waals surface area contributed by atoms with Gasteiger partial charge in [0.05, 0.1) is 11.0 Å². The molecule has 0 bridgehead atoms. The molecule has 0 saturated heterocycles. The molecule has 1 atom stereocenters. The predicted molar refractivity (Wildman–Crippen MR) is 86.9 cm³/mol. The number of amides is 1. The number of aliphatic carboxylic acids is 1. The fraction of sp³-hybridized carbons (Fsp3) is 0.375. The van der Waals surface area contributed by atoms with Gasteiger partial charge in [-0.3, -0.25) is 4.79 Å². The molecule has 1 aromatic carbocycles. The Bertz CT molecular complexity index is 822. The average molecular weight is 333 g/mol. The highest BCUT2D eigenvalue weighted by Gasteiger charge is 2.25. The number of nitrogens with zero attached hydrogens (tertiary/aromatic N) is 1. The van der Waals surface area contributed by atoms with E-state index in [4.69, 9.17) is 4.74 Å². The van der Waals surface area contributed by atoms with Gasteiger partial charge < -0.3 is 20.1 Å². The lowest BCUT2D eigenvalue weighted by Gasteiger charge is -2.21. The van der Waals surface area contributed by atoms with Crippen molar-refractivity contribution < 1.29 is 19.4 Å². The number of carboxylic acids is 1. The van der Waals surface area contributed by atoms with Gasteiger partial charge in [-0.05, 0) is 32.9 Å². The smallest absolute Gasteiger partial charge is 0.408 e. The van der Waals surface area contributed by atoms with Gasteiger partial charge in [0.2, 0.25) is 0 Å². The van der Waals surface area contributed by atoms with Crippen LogP contribution in [0.25, 0.3) is 11.0 Å². The molecule has 0 aliphatic heterocycles. The number of carboxylic acid groups (broad SMARTS) is 1. The maximum Gasteiger partial charge on any atom is 0.408 e. The van der Waals surface area contributed by atoms with E-state index in [-0.39, 0.29) is 12.1 Å². The van der Waals surface area contributed by atoms with Crippen molar-refractivity contribution >= 4 is 23.1 Å². The summed E-state index contributed by atoms with van der Waals surface area (Å²) in [4.78, 5) is 42.0. The Balaban J connectivity index is 2.22. The van der Waals surface area contributed by atoms with Crippen molar-refractivity contribution in [3.05, 3.63) is 40.3 Å². The van der Waals surface area contributed by atoms with Gasteiger partial charge in [0, 0.05) is 6.42 Å². The number of rotatable bonds is 4. The van der Waals surface area contributed by atoms with Gasteiger partial charge in [-0.25, -0.2) is 14.6 Å². The van der Waals surface area contributed by atoms with Gasteiger partial charge in [0.15, 0.2) is 0 Å². The predicted octanol–water partition coefficient (Wildman–Crippen LogP) is 1.44. The summed E-state index contributed by atoms with van der Waals surface area (Å²) in [5.41, 5.74) is -0.138. The zero-order valence-electron chi connectivity index (χ0n) is 13.6. The van der Waals surface area contributed by atoms with Crippen LogP contribution in [0.1, 0.15) is 26.5 Å². The van der Waals surface area contributed by atoms with Crippen LogP contribution < -0.4 is 10.9 Å². The second kappa shape index (κ2) is 6.69. The second-order valence-corrected chi connectivity index (χ2v) is 6.27. The molecule has 3 N–H and O–H groups in total. The normalized spacial score (nSPS) is 12.6. The number of benzene rings is 1. The van der Waals surface area contributed by atoms with Crippen LogP contribution in [0.15, 0.2) is 29.1 Å². The summed E-state index contributed by atoms with van der Waals surface area (Å²) in [6.07, 6.45) is -1.12. The number of fused-ring (bicyclic) bond motifs is 1. The number of carbonyl (C=O) groups excluding carboxylic acids is 1. The largest absolute Gasteiger partial charge is 0.480 e. The highest BCUT2D eigenvalue weighted by atomic mass is 16.6. The molecule has 0 radical (unpaired) electrons. The summed E-state index contributed by atoms with van der Waals surface area (Å²) in [6.45, 7) is 4.99. The minimum atomic E-state index is -1.32. The Kier molecular flexibility index (Phi) is 4.87. The highest BCUT2D eigenvalue weighted by Crippen LogP contribution is 2.09. The summed E-state index contributed by atoms with van der Waals surface area (Å²) in [5.74, 6) is -1.28. The first-order valence-electron chi connectivity index (χ1n) is 7.36. The third-order valence-electron chi connectivity index (χ3n) is 3.06. The molecule has 0 fully saturated rings. The van der Waals surface area contributed by atoms with E-state index in [0.717, 1.165) is 0 Å². The van der Waals surface area contributed by atoms with Gasteiger partial charge in [0.25, 0.3) is 5.56 Å². The molecule has 0 spiro atoms. The summed E-state index contributed by atoms with van der Waals surface area (Å²) < 4.78 is 5.04. The number of ether oxygens (including phenoxy) is 1. The Labute approximate surface area is 137 Å². The zero-order valence-corrected chi connectivity index (χ0v) is 13.6. The van der Waals surface area contributed by atoms with E-state index in [2.05, 4.69) is 15.3 Å².